The summed E-state index contributed by atoms with van der Waals surface area (Å²) in [6.07, 6.45) is 4.82. The zero-order chi connectivity index (χ0) is 25.4. The first kappa shape index (κ1) is 24.8. The molecule has 0 radical (unpaired) electrons. The van der Waals surface area contributed by atoms with Crippen molar-refractivity contribution < 1.29 is 22.7 Å². The molecule has 1 atom stereocenters. The molecular weight excluding hydrogens is 546 g/mol. The number of nitrogens with one attached hydrogen (secondary N) is 1. The Morgan fingerprint density at radius 3 is 2.50 bits per heavy atom. The van der Waals surface area contributed by atoms with E-state index in [9.17, 15) is 23.1 Å². The first-order valence-corrected chi connectivity index (χ1v) is 14.3. The number of sulfonamides is 1. The fraction of sp³-hybridized carbons (Fsp3) is 0.333. The van der Waals surface area contributed by atoms with Gasteiger partial charge in [-0.3, -0.25) is 9.52 Å². The van der Waals surface area contributed by atoms with Crippen molar-refractivity contribution >= 4 is 37.4 Å². The summed E-state index contributed by atoms with van der Waals surface area (Å²) in [6, 6.07) is 13.2. The number of carbonyl (C=O) groups is 1. The van der Waals surface area contributed by atoms with Crippen molar-refractivity contribution in [1.82, 2.24) is 0 Å². The van der Waals surface area contributed by atoms with Gasteiger partial charge in [-0.15, -0.1) is 0 Å². The van der Waals surface area contributed by atoms with Crippen LogP contribution in [0.5, 0.6) is 5.75 Å². The van der Waals surface area contributed by atoms with E-state index in [4.69, 9.17) is 4.42 Å². The van der Waals surface area contributed by atoms with Crippen LogP contribution in [0.25, 0.3) is 0 Å². The number of anilines is 1. The van der Waals surface area contributed by atoms with Gasteiger partial charge in [-0.05, 0) is 67.5 Å². The third-order valence-corrected chi connectivity index (χ3v) is 8.67. The van der Waals surface area contributed by atoms with Gasteiger partial charge in [-0.2, -0.15) is 0 Å². The highest BCUT2D eigenvalue weighted by Gasteiger charge is 2.39. The molecule has 2 aliphatic carbocycles. The van der Waals surface area contributed by atoms with Gasteiger partial charge in [-0.25, -0.2) is 13.2 Å². The molecule has 1 fully saturated rings. The Morgan fingerprint density at radius 1 is 1.00 bits per heavy atom. The van der Waals surface area contributed by atoms with Crippen LogP contribution in [0, 0.1) is 5.92 Å². The van der Waals surface area contributed by atoms with E-state index in [0.717, 1.165) is 32.1 Å². The van der Waals surface area contributed by atoms with Gasteiger partial charge in [0.2, 0.25) is 0 Å². The van der Waals surface area contributed by atoms with E-state index in [2.05, 4.69) is 20.7 Å². The summed E-state index contributed by atoms with van der Waals surface area (Å²) in [5.41, 5.74) is 0.576. The lowest BCUT2D eigenvalue weighted by molar-refractivity contribution is 0.0968. The number of hydrogen-bond acceptors (Lipinski definition) is 6. The van der Waals surface area contributed by atoms with Crippen molar-refractivity contribution in [3.8, 4) is 5.75 Å². The van der Waals surface area contributed by atoms with E-state index in [1.807, 2.05) is 0 Å². The zero-order valence-corrected chi connectivity index (χ0v) is 21.9. The summed E-state index contributed by atoms with van der Waals surface area (Å²) < 4.78 is 34.8. The van der Waals surface area contributed by atoms with Crippen LogP contribution in [0.2, 0.25) is 0 Å². The number of aromatic hydroxyl groups is 1. The predicted octanol–water partition coefficient (Wildman–Crippen LogP) is 5.75. The van der Waals surface area contributed by atoms with E-state index < -0.39 is 21.6 Å². The molecule has 7 nitrogen and oxygen atoms in total. The van der Waals surface area contributed by atoms with Gasteiger partial charge in [-0.1, -0.05) is 40.5 Å². The minimum atomic E-state index is -3.85. The van der Waals surface area contributed by atoms with Gasteiger partial charge >= 0.3 is 5.63 Å². The Morgan fingerprint density at radius 2 is 1.75 bits per heavy atom. The standard InChI is InChI=1S/C27H26BrNO6S/c28-18-7-5-9-20(15-18)36(33,34)29-19-8-4-6-17(14-19)23(16-12-13-16)25-26(31)24-21(30)10-2-1-3-11-22(24)35-27(25)32/h4-9,14-16,23,29,31H,1-3,10-13H2. The Hall–Kier alpha value is -2.91. The molecule has 36 heavy (non-hydrogen) atoms. The Kier molecular flexibility index (Phi) is 6.78. The first-order chi connectivity index (χ1) is 17.2. The van der Waals surface area contributed by atoms with Crippen LogP contribution >= 0.6 is 15.9 Å². The predicted molar refractivity (Wildman–Crippen MR) is 139 cm³/mol. The van der Waals surface area contributed by atoms with Gasteiger partial charge in [0.1, 0.15) is 11.5 Å². The highest BCUT2D eigenvalue weighted by molar-refractivity contribution is 9.10. The molecule has 2 aliphatic rings. The maximum Gasteiger partial charge on any atom is 0.343 e. The second kappa shape index (κ2) is 9.86. The van der Waals surface area contributed by atoms with Gasteiger partial charge in [0, 0.05) is 28.9 Å². The molecule has 9 heteroatoms. The molecule has 0 saturated heterocycles. The molecule has 0 spiro atoms. The molecule has 1 saturated carbocycles. The summed E-state index contributed by atoms with van der Waals surface area (Å²) in [4.78, 5) is 26.1. The normalized spacial score (nSPS) is 17.1. The minimum absolute atomic E-state index is 0.0807. The fourth-order valence-corrected chi connectivity index (χ4v) is 6.59. The van der Waals surface area contributed by atoms with Crippen LogP contribution in [0.4, 0.5) is 5.69 Å². The van der Waals surface area contributed by atoms with Gasteiger partial charge in [0.15, 0.2) is 5.78 Å². The topological polar surface area (TPSA) is 114 Å². The summed E-state index contributed by atoms with van der Waals surface area (Å²) in [5, 5.41) is 11.2. The molecule has 188 valence electrons. The largest absolute Gasteiger partial charge is 0.506 e. The maximum atomic E-state index is 13.1. The van der Waals surface area contributed by atoms with Gasteiger partial charge in [0.05, 0.1) is 16.0 Å². The second-order valence-corrected chi connectivity index (χ2v) is 12.0. The van der Waals surface area contributed by atoms with Crippen LogP contribution in [0.3, 0.4) is 0 Å². The van der Waals surface area contributed by atoms with E-state index in [-0.39, 0.29) is 39.2 Å². The maximum absolute atomic E-state index is 13.1. The summed E-state index contributed by atoms with van der Waals surface area (Å²) >= 11 is 3.29. The summed E-state index contributed by atoms with van der Waals surface area (Å²) in [5.74, 6) is -0.670. The van der Waals surface area contributed by atoms with Crippen molar-refractivity contribution in [2.24, 2.45) is 5.92 Å². The molecule has 5 rings (SSSR count). The van der Waals surface area contributed by atoms with Crippen molar-refractivity contribution in [2.75, 3.05) is 4.72 Å². The Balaban J connectivity index is 1.55. The molecule has 1 heterocycles. The molecule has 1 unspecified atom stereocenters. The third kappa shape index (κ3) is 4.99. The Bertz CT molecular complexity index is 1490. The summed E-state index contributed by atoms with van der Waals surface area (Å²) in [6.45, 7) is 0. The average molecular weight is 572 g/mol. The number of Topliss-reactive ketones (excluding diaryl/α,β-unsaturated/α-hetero) is 1. The van der Waals surface area contributed by atoms with E-state index >= 15 is 0 Å². The van der Waals surface area contributed by atoms with Crippen molar-refractivity contribution in [3.05, 3.63) is 85.9 Å². The van der Waals surface area contributed by atoms with Crippen molar-refractivity contribution in [3.63, 3.8) is 0 Å². The van der Waals surface area contributed by atoms with Crippen LogP contribution < -0.4 is 10.3 Å². The smallest absolute Gasteiger partial charge is 0.343 e. The second-order valence-electron chi connectivity index (χ2n) is 9.44. The molecule has 0 amide bonds. The SMILES string of the molecule is O=C1CCCCCc2oc(=O)c(C(c3cccc(NS(=O)(=O)c4cccc(Br)c4)c3)C3CC3)c(O)c21. The fourth-order valence-electron chi connectivity index (χ4n) is 4.94. The number of aryl methyl sites for hydroxylation is 1. The van der Waals surface area contributed by atoms with Crippen molar-refractivity contribution in [2.45, 2.75) is 55.8 Å². The number of benzene rings is 2. The van der Waals surface area contributed by atoms with Crippen LogP contribution in [0.15, 0.2) is 67.1 Å². The number of halogens is 1. The number of hydrogen-bond donors (Lipinski definition) is 2. The average Bonchev–Trinajstić information content (AvgIpc) is 3.65. The molecular formula is C27H26BrNO6S. The molecule has 3 aromatic rings. The van der Waals surface area contributed by atoms with E-state index in [1.54, 1.807) is 36.4 Å². The van der Waals surface area contributed by atoms with Gasteiger partial charge < -0.3 is 9.52 Å². The third-order valence-electron chi connectivity index (χ3n) is 6.80. The zero-order valence-electron chi connectivity index (χ0n) is 19.5. The number of fused-ring (bicyclic) bond motifs is 1. The lowest BCUT2D eigenvalue weighted by Gasteiger charge is -2.21. The lowest BCUT2D eigenvalue weighted by Crippen LogP contribution is -2.21. The van der Waals surface area contributed by atoms with E-state index in [0.29, 0.717) is 28.6 Å². The lowest BCUT2D eigenvalue weighted by atomic mass is 9.85. The molecule has 0 aliphatic heterocycles. The highest BCUT2D eigenvalue weighted by atomic mass is 79.9. The first-order valence-electron chi connectivity index (χ1n) is 12.0. The number of ketones is 1. The number of carbonyl (C=O) groups excluding carboxylic acids is 1. The minimum Gasteiger partial charge on any atom is -0.506 e. The van der Waals surface area contributed by atoms with Crippen LogP contribution in [-0.4, -0.2) is 19.3 Å². The molecule has 2 aromatic carbocycles. The van der Waals surface area contributed by atoms with E-state index in [1.165, 1.54) is 12.1 Å². The number of rotatable bonds is 6. The quantitative estimate of drug-likeness (QED) is 0.389. The molecule has 2 N–H and O–H groups in total. The van der Waals surface area contributed by atoms with Crippen LogP contribution in [-0.2, 0) is 16.4 Å². The Labute approximate surface area is 217 Å². The van der Waals surface area contributed by atoms with Crippen LogP contribution in [0.1, 0.15) is 71.7 Å². The molecule has 0 bridgehead atoms. The monoisotopic (exact) mass is 571 g/mol. The summed E-state index contributed by atoms with van der Waals surface area (Å²) in [7, 11) is -3.85. The highest BCUT2D eigenvalue weighted by Crippen LogP contribution is 2.49. The molecule has 1 aromatic heterocycles. The van der Waals surface area contributed by atoms with Crippen molar-refractivity contribution in [1.29, 1.82) is 0 Å². The van der Waals surface area contributed by atoms with Gasteiger partial charge in [0.25, 0.3) is 10.0 Å².